The molecule has 17 heteroatoms. The number of alkyl halides is 6. The minimum Gasteiger partial charge on any atom is -0.368 e. The van der Waals surface area contributed by atoms with Gasteiger partial charge in [-0.15, -0.1) is 0 Å². The van der Waals surface area contributed by atoms with Crippen LogP contribution in [0.5, 0.6) is 0 Å². The van der Waals surface area contributed by atoms with Crippen molar-refractivity contribution in [3.63, 3.8) is 0 Å². The van der Waals surface area contributed by atoms with Crippen LogP contribution in [0.4, 0.5) is 40.8 Å². The Morgan fingerprint density at radius 2 is 1.52 bits per heavy atom. The number of likely N-dealkylation sites (N-methyl/N-ethyl adjacent to an activating group) is 1. The van der Waals surface area contributed by atoms with Crippen LogP contribution in [-0.4, -0.2) is 78.6 Å². The number of halogens is 8. The maximum atomic E-state index is 14.3. The molecule has 0 radical (unpaired) electrons. The number of rotatable bonds is 11. The van der Waals surface area contributed by atoms with E-state index in [0.29, 0.717) is 12.1 Å². The van der Waals surface area contributed by atoms with Crippen LogP contribution in [0.15, 0.2) is 54.6 Å². The van der Waals surface area contributed by atoms with Crippen LogP contribution >= 0.6 is 0 Å². The van der Waals surface area contributed by atoms with Crippen LogP contribution in [0.1, 0.15) is 55.4 Å². The largest absolute Gasteiger partial charge is 0.416 e. The number of anilines is 1. The summed E-state index contributed by atoms with van der Waals surface area (Å²) in [5.74, 6) is -5.67. The Bertz CT molecular complexity index is 1760. The van der Waals surface area contributed by atoms with E-state index in [2.05, 4.69) is 5.32 Å². The predicted molar refractivity (Wildman–Crippen MR) is 164 cm³/mol. The highest BCUT2D eigenvalue weighted by molar-refractivity contribution is 6.06. The van der Waals surface area contributed by atoms with Crippen molar-refractivity contribution >= 4 is 29.3 Å². The average molecular weight is 714 g/mol. The number of amides is 4. The normalized spacial score (nSPS) is 14.8. The van der Waals surface area contributed by atoms with Gasteiger partial charge >= 0.3 is 12.4 Å². The molecule has 0 bridgehead atoms. The third kappa shape index (κ3) is 9.13. The fourth-order valence-electron chi connectivity index (χ4n) is 5.39. The van der Waals surface area contributed by atoms with Crippen molar-refractivity contribution in [2.45, 2.75) is 31.2 Å². The monoisotopic (exact) mass is 713 g/mol. The van der Waals surface area contributed by atoms with Crippen molar-refractivity contribution in [1.82, 2.24) is 14.7 Å². The molecule has 9 nitrogen and oxygen atoms in total. The Kier molecular flexibility index (Phi) is 11.2. The molecule has 1 aliphatic heterocycles. The molecule has 268 valence electrons. The molecule has 1 aliphatic rings. The molecule has 1 heterocycles. The summed E-state index contributed by atoms with van der Waals surface area (Å²) in [5, 5.41) is 2.22. The maximum Gasteiger partial charge on any atom is 0.416 e. The average Bonchev–Trinajstić information content (AvgIpc) is 3.02. The molecule has 1 unspecified atom stereocenters. The molecule has 3 N–H and O–H groups in total. The van der Waals surface area contributed by atoms with Gasteiger partial charge in [-0.25, -0.2) is 8.78 Å². The van der Waals surface area contributed by atoms with Gasteiger partial charge < -0.3 is 25.8 Å². The van der Waals surface area contributed by atoms with Gasteiger partial charge in [0.2, 0.25) is 11.8 Å². The quantitative estimate of drug-likeness (QED) is 0.263. The lowest BCUT2D eigenvalue weighted by molar-refractivity contribution is -0.143. The Balaban J connectivity index is 1.65. The van der Waals surface area contributed by atoms with Crippen molar-refractivity contribution in [2.24, 2.45) is 5.73 Å². The minimum atomic E-state index is -5.19. The number of hydrogen-bond acceptors (Lipinski definition) is 5. The number of fused-ring (bicyclic) bond motifs is 1. The van der Waals surface area contributed by atoms with E-state index in [0.717, 1.165) is 12.1 Å². The van der Waals surface area contributed by atoms with Crippen molar-refractivity contribution in [3.8, 4) is 0 Å². The second-order valence-electron chi connectivity index (χ2n) is 11.8. The zero-order valence-electron chi connectivity index (χ0n) is 26.6. The van der Waals surface area contributed by atoms with E-state index in [4.69, 9.17) is 5.73 Å². The third-order valence-electron chi connectivity index (χ3n) is 7.91. The fraction of sp³-hybridized carbons (Fsp3) is 0.333. The van der Waals surface area contributed by atoms with Gasteiger partial charge in [-0.2, -0.15) is 26.3 Å². The lowest BCUT2D eigenvalue weighted by atomic mass is 9.88. The molecule has 3 aromatic rings. The number of nitrogens with one attached hydrogen (secondary N) is 1. The molecule has 4 rings (SSSR count). The molecular weight excluding hydrogens is 682 g/mol. The first-order valence-electron chi connectivity index (χ1n) is 14.9. The summed E-state index contributed by atoms with van der Waals surface area (Å²) in [5.41, 5.74) is 1.36. The van der Waals surface area contributed by atoms with Crippen molar-refractivity contribution in [1.29, 1.82) is 0 Å². The molecule has 0 saturated carbocycles. The highest BCUT2D eigenvalue weighted by Gasteiger charge is 2.38. The summed E-state index contributed by atoms with van der Waals surface area (Å²) < 4.78 is 108. The predicted octanol–water partition coefficient (Wildman–Crippen LogP) is 5.26. The number of primary amides is 1. The first kappa shape index (κ1) is 37.8. The Hall–Kier alpha value is -5.06. The fourth-order valence-corrected chi connectivity index (χ4v) is 5.39. The topological polar surface area (TPSA) is 116 Å². The molecule has 0 spiro atoms. The van der Waals surface area contributed by atoms with E-state index in [1.165, 1.54) is 34.1 Å². The van der Waals surface area contributed by atoms with Gasteiger partial charge in [0.1, 0.15) is 0 Å². The standard InChI is InChI=1S/C33H31F8N5O4/c1-44(2)9-10-45(17-28(42)47)29(48)7-8-46-27(19-4-6-25(34)26(35)13-19)14-18-3-5-23(16-24(18)31(46)50)43-30(49)20-11-21(32(36,37)38)15-22(12-20)33(39,40)41/h3-6,11-13,15-16,27H,7-10,14,17H2,1-2H3,(H2,42,47)(H,43,49). The number of carbonyl (C=O) groups excluding carboxylic acids is 4. The summed E-state index contributed by atoms with van der Waals surface area (Å²) in [6.45, 7) is -0.134. The molecule has 0 aromatic heterocycles. The van der Waals surface area contributed by atoms with E-state index in [1.807, 2.05) is 0 Å². The summed E-state index contributed by atoms with van der Waals surface area (Å²) >= 11 is 0. The van der Waals surface area contributed by atoms with Crippen LogP contribution in [0.25, 0.3) is 0 Å². The SMILES string of the molecule is CN(C)CCN(CC(N)=O)C(=O)CCN1C(=O)c2cc(NC(=O)c3cc(C(F)(F)F)cc(C(F)(F)F)c3)ccc2CC1c1ccc(F)c(F)c1. The van der Waals surface area contributed by atoms with E-state index in [9.17, 15) is 54.3 Å². The minimum absolute atomic E-state index is 0.0166. The zero-order chi connectivity index (χ0) is 37.1. The van der Waals surface area contributed by atoms with E-state index >= 15 is 0 Å². The van der Waals surface area contributed by atoms with Crippen LogP contribution in [0.3, 0.4) is 0 Å². The maximum absolute atomic E-state index is 14.3. The lowest BCUT2D eigenvalue weighted by Crippen LogP contribution is -2.45. The summed E-state index contributed by atoms with van der Waals surface area (Å²) in [6, 6.07) is 6.38. The van der Waals surface area contributed by atoms with Crippen molar-refractivity contribution < 1.29 is 54.3 Å². The molecule has 0 fully saturated rings. The van der Waals surface area contributed by atoms with E-state index in [1.54, 1.807) is 19.0 Å². The van der Waals surface area contributed by atoms with Crippen LogP contribution in [0.2, 0.25) is 0 Å². The highest BCUT2D eigenvalue weighted by atomic mass is 19.4. The molecule has 50 heavy (non-hydrogen) atoms. The molecule has 3 aromatic carbocycles. The van der Waals surface area contributed by atoms with E-state index < -0.39 is 76.9 Å². The first-order chi connectivity index (χ1) is 23.2. The van der Waals surface area contributed by atoms with Gasteiger partial charge in [-0.3, -0.25) is 19.2 Å². The Labute approximate surface area is 280 Å². The molecule has 0 saturated heterocycles. The number of nitrogens with zero attached hydrogens (tertiary/aromatic N) is 3. The van der Waals surface area contributed by atoms with Gasteiger partial charge in [0.05, 0.1) is 23.7 Å². The molecule has 4 amide bonds. The summed E-state index contributed by atoms with van der Waals surface area (Å²) in [7, 11) is 3.50. The second-order valence-corrected chi connectivity index (χ2v) is 11.8. The van der Waals surface area contributed by atoms with Crippen molar-refractivity contribution in [3.05, 3.63) is 99.6 Å². The summed E-state index contributed by atoms with van der Waals surface area (Å²) in [6.07, 6.45) is -10.7. The number of carbonyl (C=O) groups is 4. The van der Waals surface area contributed by atoms with Crippen LogP contribution in [0, 0.1) is 11.6 Å². The van der Waals surface area contributed by atoms with Crippen LogP contribution in [-0.2, 0) is 28.4 Å². The molecular formula is C33H31F8N5O4. The zero-order valence-corrected chi connectivity index (χ0v) is 26.6. The van der Waals surface area contributed by atoms with Gasteiger partial charge in [0.15, 0.2) is 11.6 Å². The number of hydrogen-bond donors (Lipinski definition) is 2. The van der Waals surface area contributed by atoms with Gasteiger partial charge in [0, 0.05) is 42.9 Å². The highest BCUT2D eigenvalue weighted by Crippen LogP contribution is 2.38. The molecule has 1 atom stereocenters. The van der Waals surface area contributed by atoms with Gasteiger partial charge in [-0.1, -0.05) is 12.1 Å². The van der Waals surface area contributed by atoms with E-state index in [-0.39, 0.29) is 60.9 Å². The first-order valence-corrected chi connectivity index (χ1v) is 14.9. The number of nitrogens with two attached hydrogens (primary N) is 1. The lowest BCUT2D eigenvalue weighted by Gasteiger charge is -2.37. The van der Waals surface area contributed by atoms with Crippen LogP contribution < -0.4 is 11.1 Å². The van der Waals surface area contributed by atoms with Gasteiger partial charge in [-0.05, 0) is 74.1 Å². The van der Waals surface area contributed by atoms with Crippen molar-refractivity contribution in [2.75, 3.05) is 45.6 Å². The second kappa shape index (κ2) is 14.8. The third-order valence-corrected chi connectivity index (χ3v) is 7.91. The molecule has 0 aliphatic carbocycles. The smallest absolute Gasteiger partial charge is 0.368 e. The Morgan fingerprint density at radius 3 is 2.08 bits per heavy atom. The number of benzene rings is 3. The Morgan fingerprint density at radius 1 is 0.880 bits per heavy atom. The van der Waals surface area contributed by atoms with Gasteiger partial charge in [0.25, 0.3) is 11.8 Å². The summed E-state index contributed by atoms with van der Waals surface area (Å²) in [4.78, 5) is 55.8.